The SMILES string of the molecule is CCOc1ccccc1-c1ccc(N)cc1N. The highest BCUT2D eigenvalue weighted by Crippen LogP contribution is 2.34. The van der Waals surface area contributed by atoms with Gasteiger partial charge in [-0.25, -0.2) is 0 Å². The average molecular weight is 228 g/mol. The first-order chi connectivity index (χ1) is 8.22. The number of anilines is 2. The molecule has 2 aromatic carbocycles. The Labute approximate surface area is 101 Å². The molecule has 2 aromatic rings. The van der Waals surface area contributed by atoms with Crippen molar-refractivity contribution < 1.29 is 4.74 Å². The van der Waals surface area contributed by atoms with Gasteiger partial charge in [0.1, 0.15) is 5.75 Å². The minimum Gasteiger partial charge on any atom is -0.493 e. The molecule has 0 bridgehead atoms. The van der Waals surface area contributed by atoms with Gasteiger partial charge < -0.3 is 16.2 Å². The maximum atomic E-state index is 5.98. The van der Waals surface area contributed by atoms with E-state index in [1.807, 2.05) is 43.3 Å². The van der Waals surface area contributed by atoms with Gasteiger partial charge in [0.25, 0.3) is 0 Å². The van der Waals surface area contributed by atoms with E-state index >= 15 is 0 Å². The van der Waals surface area contributed by atoms with Gasteiger partial charge in [0.2, 0.25) is 0 Å². The fourth-order valence-electron chi connectivity index (χ4n) is 1.80. The van der Waals surface area contributed by atoms with Gasteiger partial charge >= 0.3 is 0 Å². The van der Waals surface area contributed by atoms with Crippen molar-refractivity contribution in [2.75, 3.05) is 18.1 Å². The van der Waals surface area contributed by atoms with Crippen LogP contribution in [0.3, 0.4) is 0 Å². The number of nitrogen functional groups attached to an aromatic ring is 2. The van der Waals surface area contributed by atoms with E-state index in [9.17, 15) is 0 Å². The third-order valence-corrected chi connectivity index (χ3v) is 2.55. The Bertz CT molecular complexity index is 523. The molecule has 0 aromatic heterocycles. The van der Waals surface area contributed by atoms with Crippen molar-refractivity contribution >= 4 is 11.4 Å². The summed E-state index contributed by atoms with van der Waals surface area (Å²) in [5, 5.41) is 0. The summed E-state index contributed by atoms with van der Waals surface area (Å²) < 4.78 is 5.59. The molecule has 2 rings (SSSR count). The minimum atomic E-state index is 0.631. The molecule has 0 saturated heterocycles. The fraction of sp³-hybridized carbons (Fsp3) is 0.143. The van der Waals surface area contributed by atoms with E-state index in [2.05, 4.69) is 0 Å². The summed E-state index contributed by atoms with van der Waals surface area (Å²) >= 11 is 0. The van der Waals surface area contributed by atoms with Crippen molar-refractivity contribution in [3.8, 4) is 16.9 Å². The highest BCUT2D eigenvalue weighted by atomic mass is 16.5. The zero-order valence-electron chi connectivity index (χ0n) is 9.81. The fourth-order valence-corrected chi connectivity index (χ4v) is 1.80. The molecular formula is C14H16N2O. The van der Waals surface area contributed by atoms with Crippen LogP contribution in [0.2, 0.25) is 0 Å². The molecule has 17 heavy (non-hydrogen) atoms. The highest BCUT2D eigenvalue weighted by molar-refractivity contribution is 5.82. The normalized spacial score (nSPS) is 10.2. The Kier molecular flexibility index (Phi) is 3.19. The van der Waals surface area contributed by atoms with Gasteiger partial charge in [0, 0.05) is 22.5 Å². The Morgan fingerprint density at radius 2 is 1.76 bits per heavy atom. The van der Waals surface area contributed by atoms with Crippen LogP contribution in [0.15, 0.2) is 42.5 Å². The van der Waals surface area contributed by atoms with Crippen LogP contribution in [0.5, 0.6) is 5.75 Å². The van der Waals surface area contributed by atoms with Gasteiger partial charge in [-0.2, -0.15) is 0 Å². The molecule has 0 amide bonds. The van der Waals surface area contributed by atoms with E-state index in [4.69, 9.17) is 16.2 Å². The Morgan fingerprint density at radius 1 is 1.00 bits per heavy atom. The summed E-state index contributed by atoms with van der Waals surface area (Å²) in [5.41, 5.74) is 14.9. The smallest absolute Gasteiger partial charge is 0.127 e. The van der Waals surface area contributed by atoms with Crippen molar-refractivity contribution in [1.82, 2.24) is 0 Å². The predicted octanol–water partition coefficient (Wildman–Crippen LogP) is 2.92. The van der Waals surface area contributed by atoms with Crippen LogP contribution in [-0.2, 0) is 0 Å². The standard InChI is InChI=1S/C14H16N2O/c1-2-17-14-6-4-3-5-12(14)11-8-7-10(15)9-13(11)16/h3-9H,2,15-16H2,1H3. The van der Waals surface area contributed by atoms with Crippen molar-refractivity contribution in [1.29, 1.82) is 0 Å². The first kappa shape index (κ1) is 11.3. The molecule has 0 radical (unpaired) electrons. The summed E-state index contributed by atoms with van der Waals surface area (Å²) in [4.78, 5) is 0. The zero-order valence-corrected chi connectivity index (χ0v) is 9.81. The lowest BCUT2D eigenvalue weighted by molar-refractivity contribution is 0.341. The number of nitrogens with two attached hydrogens (primary N) is 2. The van der Waals surface area contributed by atoms with E-state index in [0.717, 1.165) is 16.9 Å². The molecular weight excluding hydrogens is 212 g/mol. The van der Waals surface area contributed by atoms with Crippen LogP contribution in [0.1, 0.15) is 6.92 Å². The molecule has 0 atom stereocenters. The molecule has 0 spiro atoms. The number of hydrogen-bond acceptors (Lipinski definition) is 3. The van der Waals surface area contributed by atoms with Gasteiger partial charge in [-0.05, 0) is 25.1 Å². The largest absolute Gasteiger partial charge is 0.493 e. The molecule has 88 valence electrons. The van der Waals surface area contributed by atoms with Gasteiger partial charge in [0.15, 0.2) is 0 Å². The second-order valence-electron chi connectivity index (χ2n) is 3.78. The van der Waals surface area contributed by atoms with Crippen molar-refractivity contribution in [3.63, 3.8) is 0 Å². The highest BCUT2D eigenvalue weighted by Gasteiger charge is 2.08. The average Bonchev–Trinajstić information content (AvgIpc) is 2.31. The Morgan fingerprint density at radius 3 is 2.47 bits per heavy atom. The van der Waals surface area contributed by atoms with Crippen molar-refractivity contribution in [2.45, 2.75) is 6.92 Å². The Hall–Kier alpha value is -2.16. The monoisotopic (exact) mass is 228 g/mol. The number of benzene rings is 2. The number of para-hydroxylation sites is 1. The van der Waals surface area contributed by atoms with Crippen LogP contribution in [0, 0.1) is 0 Å². The molecule has 0 heterocycles. The maximum absolute atomic E-state index is 5.98. The van der Waals surface area contributed by atoms with Gasteiger partial charge in [0.05, 0.1) is 6.61 Å². The van der Waals surface area contributed by atoms with Crippen LogP contribution in [-0.4, -0.2) is 6.61 Å². The van der Waals surface area contributed by atoms with Crippen LogP contribution < -0.4 is 16.2 Å². The van der Waals surface area contributed by atoms with Gasteiger partial charge in [-0.15, -0.1) is 0 Å². The van der Waals surface area contributed by atoms with E-state index in [1.165, 1.54) is 0 Å². The molecule has 0 aliphatic heterocycles. The second kappa shape index (κ2) is 4.78. The zero-order chi connectivity index (χ0) is 12.3. The van der Waals surface area contributed by atoms with E-state index in [1.54, 1.807) is 6.07 Å². The minimum absolute atomic E-state index is 0.631. The van der Waals surface area contributed by atoms with E-state index in [0.29, 0.717) is 18.0 Å². The lowest BCUT2D eigenvalue weighted by atomic mass is 10.0. The van der Waals surface area contributed by atoms with Crippen LogP contribution in [0.4, 0.5) is 11.4 Å². The molecule has 0 unspecified atom stereocenters. The van der Waals surface area contributed by atoms with E-state index in [-0.39, 0.29) is 0 Å². The Balaban J connectivity index is 2.52. The molecule has 0 aliphatic carbocycles. The summed E-state index contributed by atoms with van der Waals surface area (Å²) in [5.74, 6) is 0.839. The van der Waals surface area contributed by atoms with Gasteiger partial charge in [-0.1, -0.05) is 24.3 Å². The number of rotatable bonds is 3. The third kappa shape index (κ3) is 2.33. The van der Waals surface area contributed by atoms with Crippen molar-refractivity contribution in [2.24, 2.45) is 0 Å². The lowest BCUT2D eigenvalue weighted by Gasteiger charge is -2.12. The molecule has 3 heteroatoms. The molecule has 0 aliphatic rings. The maximum Gasteiger partial charge on any atom is 0.127 e. The summed E-state index contributed by atoms with van der Waals surface area (Å²) in [7, 11) is 0. The molecule has 3 nitrogen and oxygen atoms in total. The van der Waals surface area contributed by atoms with Crippen LogP contribution >= 0.6 is 0 Å². The quantitative estimate of drug-likeness (QED) is 0.794. The number of hydrogen-bond donors (Lipinski definition) is 2. The summed E-state index contributed by atoms with van der Waals surface area (Å²) in [6.07, 6.45) is 0. The third-order valence-electron chi connectivity index (χ3n) is 2.55. The second-order valence-corrected chi connectivity index (χ2v) is 3.78. The van der Waals surface area contributed by atoms with Crippen LogP contribution in [0.25, 0.3) is 11.1 Å². The molecule has 0 fully saturated rings. The molecule has 4 N–H and O–H groups in total. The number of ether oxygens (including phenoxy) is 1. The first-order valence-corrected chi connectivity index (χ1v) is 5.59. The predicted molar refractivity (Wildman–Crippen MR) is 71.9 cm³/mol. The first-order valence-electron chi connectivity index (χ1n) is 5.59. The van der Waals surface area contributed by atoms with E-state index < -0.39 is 0 Å². The molecule has 0 saturated carbocycles. The van der Waals surface area contributed by atoms with Crippen molar-refractivity contribution in [3.05, 3.63) is 42.5 Å². The van der Waals surface area contributed by atoms with Gasteiger partial charge in [-0.3, -0.25) is 0 Å². The topological polar surface area (TPSA) is 61.3 Å². The lowest BCUT2D eigenvalue weighted by Crippen LogP contribution is -1.97. The summed E-state index contributed by atoms with van der Waals surface area (Å²) in [6, 6.07) is 13.4. The summed E-state index contributed by atoms with van der Waals surface area (Å²) in [6.45, 7) is 2.59.